The summed E-state index contributed by atoms with van der Waals surface area (Å²) in [5.74, 6) is 0. The number of rotatable bonds is 8. The molecule has 0 aliphatic heterocycles. The van der Waals surface area contributed by atoms with Crippen LogP contribution < -0.4 is 0 Å². The standard InChI is InChI=1S/C12H26O4/c1-11(2,14-5)7-8-16-10(13)9-12(3,4)15-6/h10,13H,7-9H2,1-6H3. The van der Waals surface area contributed by atoms with Crippen molar-refractivity contribution in [3.63, 3.8) is 0 Å². The Morgan fingerprint density at radius 3 is 1.94 bits per heavy atom. The van der Waals surface area contributed by atoms with Crippen LogP contribution in [0.4, 0.5) is 0 Å². The van der Waals surface area contributed by atoms with Gasteiger partial charge in [0.25, 0.3) is 0 Å². The summed E-state index contributed by atoms with van der Waals surface area (Å²) in [6.07, 6.45) is 0.410. The van der Waals surface area contributed by atoms with Crippen LogP contribution in [0.5, 0.6) is 0 Å². The predicted molar refractivity (Wildman–Crippen MR) is 63.4 cm³/mol. The van der Waals surface area contributed by atoms with Gasteiger partial charge in [-0.25, -0.2) is 0 Å². The Morgan fingerprint density at radius 2 is 1.50 bits per heavy atom. The maximum Gasteiger partial charge on any atom is 0.157 e. The third kappa shape index (κ3) is 7.17. The van der Waals surface area contributed by atoms with Crippen LogP contribution in [-0.2, 0) is 14.2 Å². The molecule has 1 atom stereocenters. The van der Waals surface area contributed by atoms with Crippen LogP contribution >= 0.6 is 0 Å². The molecule has 0 saturated heterocycles. The molecule has 1 unspecified atom stereocenters. The van der Waals surface area contributed by atoms with Crippen LogP contribution in [-0.4, -0.2) is 43.4 Å². The van der Waals surface area contributed by atoms with Gasteiger partial charge in [0.15, 0.2) is 6.29 Å². The van der Waals surface area contributed by atoms with Crippen LogP contribution in [0.15, 0.2) is 0 Å². The van der Waals surface area contributed by atoms with Crippen molar-refractivity contribution >= 4 is 0 Å². The molecule has 0 rings (SSSR count). The first-order valence-electron chi connectivity index (χ1n) is 5.62. The van der Waals surface area contributed by atoms with Gasteiger partial charge in [-0.3, -0.25) is 0 Å². The van der Waals surface area contributed by atoms with E-state index >= 15 is 0 Å². The Kier molecular flexibility index (Phi) is 6.48. The van der Waals surface area contributed by atoms with Crippen LogP contribution in [0.1, 0.15) is 40.5 Å². The summed E-state index contributed by atoms with van der Waals surface area (Å²) in [5, 5.41) is 9.64. The molecule has 0 fully saturated rings. The molecule has 1 N–H and O–H groups in total. The maximum atomic E-state index is 9.64. The van der Waals surface area contributed by atoms with Gasteiger partial charge >= 0.3 is 0 Å². The minimum Gasteiger partial charge on any atom is -0.379 e. The first kappa shape index (κ1) is 15.8. The Morgan fingerprint density at radius 1 is 1.00 bits per heavy atom. The van der Waals surface area contributed by atoms with E-state index in [9.17, 15) is 5.11 Å². The molecule has 4 nitrogen and oxygen atoms in total. The van der Waals surface area contributed by atoms with Crippen molar-refractivity contribution < 1.29 is 19.3 Å². The lowest BCUT2D eigenvalue weighted by Crippen LogP contribution is -2.31. The fraction of sp³-hybridized carbons (Fsp3) is 1.00. The second-order valence-electron chi connectivity index (χ2n) is 5.21. The van der Waals surface area contributed by atoms with Crippen LogP contribution in [0.25, 0.3) is 0 Å². The van der Waals surface area contributed by atoms with E-state index in [-0.39, 0.29) is 11.2 Å². The van der Waals surface area contributed by atoms with Crippen molar-refractivity contribution in [3.05, 3.63) is 0 Å². The summed E-state index contributed by atoms with van der Waals surface area (Å²) in [6, 6.07) is 0. The average molecular weight is 234 g/mol. The van der Waals surface area contributed by atoms with Crippen LogP contribution in [0.2, 0.25) is 0 Å². The number of ether oxygens (including phenoxy) is 3. The lowest BCUT2D eigenvalue weighted by Gasteiger charge is -2.27. The van der Waals surface area contributed by atoms with Crippen molar-refractivity contribution in [2.75, 3.05) is 20.8 Å². The largest absolute Gasteiger partial charge is 0.379 e. The number of aliphatic hydroxyl groups is 1. The monoisotopic (exact) mass is 234 g/mol. The molecule has 0 saturated carbocycles. The van der Waals surface area contributed by atoms with E-state index in [1.165, 1.54) is 0 Å². The molecule has 0 bridgehead atoms. The molecule has 0 aromatic rings. The van der Waals surface area contributed by atoms with Gasteiger partial charge in [-0.1, -0.05) is 0 Å². The molecule has 0 aromatic carbocycles. The number of hydrogen-bond donors (Lipinski definition) is 1. The van der Waals surface area contributed by atoms with Crippen molar-refractivity contribution in [1.29, 1.82) is 0 Å². The van der Waals surface area contributed by atoms with Gasteiger partial charge in [0.2, 0.25) is 0 Å². The highest BCUT2D eigenvalue weighted by Gasteiger charge is 2.23. The van der Waals surface area contributed by atoms with Gasteiger partial charge in [-0.05, 0) is 34.1 Å². The fourth-order valence-electron chi connectivity index (χ4n) is 1.11. The fourth-order valence-corrected chi connectivity index (χ4v) is 1.11. The second kappa shape index (κ2) is 6.55. The Balaban J connectivity index is 3.78. The smallest absolute Gasteiger partial charge is 0.157 e. The third-order valence-corrected chi connectivity index (χ3v) is 2.79. The van der Waals surface area contributed by atoms with E-state index in [1.54, 1.807) is 14.2 Å². The Bertz CT molecular complexity index is 189. The Labute approximate surface area is 98.9 Å². The summed E-state index contributed by atoms with van der Waals surface area (Å²) in [4.78, 5) is 0. The van der Waals surface area contributed by atoms with Gasteiger partial charge in [-0.2, -0.15) is 0 Å². The zero-order valence-corrected chi connectivity index (χ0v) is 11.4. The summed E-state index contributed by atoms with van der Waals surface area (Å²) in [5.41, 5.74) is -0.577. The van der Waals surface area contributed by atoms with Gasteiger partial charge in [0.1, 0.15) is 0 Å². The SMILES string of the molecule is COC(C)(C)CCOC(O)CC(C)(C)OC. The zero-order chi connectivity index (χ0) is 12.8. The highest BCUT2D eigenvalue weighted by Crippen LogP contribution is 2.18. The van der Waals surface area contributed by atoms with E-state index in [4.69, 9.17) is 14.2 Å². The number of methoxy groups -OCH3 is 2. The molecule has 0 aromatic heterocycles. The lowest BCUT2D eigenvalue weighted by molar-refractivity contribution is -0.148. The van der Waals surface area contributed by atoms with Crippen molar-refractivity contribution in [1.82, 2.24) is 0 Å². The molecule has 0 aliphatic rings. The first-order chi connectivity index (χ1) is 7.22. The molecular weight excluding hydrogens is 208 g/mol. The van der Waals surface area contributed by atoms with Gasteiger partial charge < -0.3 is 19.3 Å². The molecule has 0 amide bonds. The summed E-state index contributed by atoms with van der Waals surface area (Å²) < 4.78 is 15.8. The normalized spacial score (nSPS) is 15.2. The highest BCUT2D eigenvalue weighted by molar-refractivity contribution is 4.70. The first-order valence-corrected chi connectivity index (χ1v) is 5.62. The lowest BCUT2D eigenvalue weighted by atomic mass is 10.0. The zero-order valence-electron chi connectivity index (χ0n) is 11.4. The Hall–Kier alpha value is -0.160. The minimum absolute atomic E-state index is 0.212. The quantitative estimate of drug-likeness (QED) is 0.652. The molecule has 0 heterocycles. The molecule has 0 spiro atoms. The van der Waals surface area contributed by atoms with E-state index < -0.39 is 6.29 Å². The van der Waals surface area contributed by atoms with Gasteiger partial charge in [-0.15, -0.1) is 0 Å². The number of aliphatic hydroxyl groups excluding tert-OH is 1. The van der Waals surface area contributed by atoms with E-state index in [2.05, 4.69) is 0 Å². The molecule has 0 aliphatic carbocycles. The summed E-state index contributed by atoms with van der Waals surface area (Å²) in [6.45, 7) is 8.28. The molecular formula is C12H26O4. The minimum atomic E-state index is -0.789. The molecule has 0 radical (unpaired) electrons. The van der Waals surface area contributed by atoms with Gasteiger partial charge in [0, 0.05) is 20.6 Å². The van der Waals surface area contributed by atoms with Crippen molar-refractivity contribution in [3.8, 4) is 0 Å². The molecule has 16 heavy (non-hydrogen) atoms. The van der Waals surface area contributed by atoms with Crippen molar-refractivity contribution in [2.24, 2.45) is 0 Å². The van der Waals surface area contributed by atoms with E-state index in [0.717, 1.165) is 6.42 Å². The maximum absolute atomic E-state index is 9.64. The van der Waals surface area contributed by atoms with Gasteiger partial charge in [0.05, 0.1) is 17.8 Å². The average Bonchev–Trinajstić information content (AvgIpc) is 2.17. The van der Waals surface area contributed by atoms with E-state index in [1.807, 2.05) is 27.7 Å². The topological polar surface area (TPSA) is 47.9 Å². The van der Waals surface area contributed by atoms with Crippen LogP contribution in [0.3, 0.4) is 0 Å². The van der Waals surface area contributed by atoms with E-state index in [0.29, 0.717) is 13.0 Å². The van der Waals surface area contributed by atoms with Crippen molar-refractivity contribution in [2.45, 2.75) is 58.0 Å². The van der Waals surface area contributed by atoms with Crippen LogP contribution in [0, 0.1) is 0 Å². The number of hydrogen-bond acceptors (Lipinski definition) is 4. The summed E-state index contributed by atoms with van der Waals surface area (Å²) in [7, 11) is 3.30. The summed E-state index contributed by atoms with van der Waals surface area (Å²) >= 11 is 0. The molecule has 4 heteroatoms. The molecule has 98 valence electrons. The second-order valence-corrected chi connectivity index (χ2v) is 5.21. The predicted octanol–water partition coefficient (Wildman–Crippen LogP) is 1.95. The third-order valence-electron chi connectivity index (χ3n) is 2.79. The highest BCUT2D eigenvalue weighted by atomic mass is 16.6.